The van der Waals surface area contributed by atoms with Gasteiger partial charge in [0.15, 0.2) is 5.82 Å². The third kappa shape index (κ3) is 7.21. The lowest BCUT2D eigenvalue weighted by Crippen LogP contribution is -2.09. The Bertz CT molecular complexity index is 3320. The molecule has 0 fully saturated rings. The summed E-state index contributed by atoms with van der Waals surface area (Å²) in [6.07, 6.45) is 0. The van der Waals surface area contributed by atoms with Crippen LogP contribution in [0.5, 0.6) is 0 Å². The Morgan fingerprint density at radius 2 is 0.828 bits per heavy atom. The molecule has 4 heteroatoms. The third-order valence-electron chi connectivity index (χ3n) is 12.3. The Morgan fingerprint density at radius 3 is 1.44 bits per heavy atom. The summed E-state index contributed by atoms with van der Waals surface area (Å²) in [7, 11) is 0. The zero-order valence-corrected chi connectivity index (χ0v) is 35.7. The average Bonchev–Trinajstić information content (AvgIpc) is 3.69. The van der Waals surface area contributed by atoms with E-state index in [1.54, 1.807) is 0 Å². The van der Waals surface area contributed by atoms with E-state index < -0.39 is 0 Å². The van der Waals surface area contributed by atoms with Crippen molar-refractivity contribution in [1.82, 2.24) is 14.5 Å². The highest BCUT2D eigenvalue weighted by Crippen LogP contribution is 2.41. The Labute approximate surface area is 374 Å². The average molecular weight is 821 g/mol. The first kappa shape index (κ1) is 38.6. The van der Waals surface area contributed by atoms with Crippen LogP contribution in [-0.4, -0.2) is 14.5 Å². The first-order valence-electron chi connectivity index (χ1n) is 21.8. The number of aryl methyl sites for hydroxylation is 2. The van der Waals surface area contributed by atoms with E-state index >= 15 is 0 Å². The first-order valence-corrected chi connectivity index (χ1v) is 21.8. The van der Waals surface area contributed by atoms with Gasteiger partial charge < -0.3 is 9.47 Å². The molecule has 0 bridgehead atoms. The predicted octanol–water partition coefficient (Wildman–Crippen LogP) is 16.0. The molecular formula is C60H44N4. The Hall–Kier alpha value is -8.34. The lowest BCUT2D eigenvalue weighted by Gasteiger charge is -2.25. The van der Waals surface area contributed by atoms with Crippen molar-refractivity contribution in [2.45, 2.75) is 13.8 Å². The lowest BCUT2D eigenvalue weighted by atomic mass is 9.95. The number of hydrogen-bond acceptors (Lipinski definition) is 3. The van der Waals surface area contributed by atoms with Crippen LogP contribution in [0.1, 0.15) is 11.1 Å². The number of nitrogens with zero attached hydrogens (tertiary/aromatic N) is 4. The molecule has 11 aromatic rings. The summed E-state index contributed by atoms with van der Waals surface area (Å²) in [4.78, 5) is 12.3. The van der Waals surface area contributed by atoms with Gasteiger partial charge in [0, 0.05) is 50.2 Å². The molecule has 304 valence electrons. The monoisotopic (exact) mass is 820 g/mol. The van der Waals surface area contributed by atoms with E-state index in [1.165, 1.54) is 55.3 Å². The van der Waals surface area contributed by atoms with Crippen LogP contribution in [0.3, 0.4) is 0 Å². The molecule has 0 radical (unpaired) electrons. The van der Waals surface area contributed by atoms with Crippen LogP contribution < -0.4 is 4.90 Å². The van der Waals surface area contributed by atoms with Crippen molar-refractivity contribution in [2.24, 2.45) is 0 Å². The van der Waals surface area contributed by atoms with E-state index in [0.717, 1.165) is 50.7 Å². The lowest BCUT2D eigenvalue weighted by molar-refractivity contribution is 1.14. The normalized spacial score (nSPS) is 11.3. The molecule has 0 saturated heterocycles. The second kappa shape index (κ2) is 16.5. The van der Waals surface area contributed by atoms with Crippen LogP contribution in [0, 0.1) is 13.8 Å². The summed E-state index contributed by atoms with van der Waals surface area (Å²) in [5, 5.41) is 2.46. The van der Waals surface area contributed by atoms with Crippen LogP contribution in [0.25, 0.3) is 83.6 Å². The molecule has 2 aromatic heterocycles. The van der Waals surface area contributed by atoms with Crippen molar-refractivity contribution in [3.05, 3.63) is 242 Å². The van der Waals surface area contributed by atoms with E-state index in [9.17, 15) is 0 Å². The summed E-state index contributed by atoms with van der Waals surface area (Å²) in [6, 6.07) is 81.9. The third-order valence-corrected chi connectivity index (χ3v) is 12.3. The van der Waals surface area contributed by atoms with Crippen molar-refractivity contribution < 1.29 is 0 Å². The van der Waals surface area contributed by atoms with Crippen LogP contribution in [0.4, 0.5) is 17.1 Å². The molecule has 4 nitrogen and oxygen atoms in total. The minimum atomic E-state index is 0.717. The number of anilines is 3. The number of aromatic nitrogens is 3. The molecule has 0 amide bonds. The predicted molar refractivity (Wildman–Crippen MR) is 268 cm³/mol. The maximum absolute atomic E-state index is 5.03. The summed E-state index contributed by atoms with van der Waals surface area (Å²) < 4.78 is 2.44. The molecule has 0 saturated carbocycles. The van der Waals surface area contributed by atoms with Crippen LogP contribution in [0.15, 0.2) is 231 Å². The van der Waals surface area contributed by atoms with Crippen LogP contribution >= 0.6 is 0 Å². The molecule has 64 heavy (non-hydrogen) atoms. The van der Waals surface area contributed by atoms with E-state index in [-0.39, 0.29) is 0 Å². The minimum absolute atomic E-state index is 0.717. The van der Waals surface area contributed by atoms with Crippen molar-refractivity contribution in [1.29, 1.82) is 0 Å². The second-order valence-electron chi connectivity index (χ2n) is 16.4. The van der Waals surface area contributed by atoms with Gasteiger partial charge in [-0.1, -0.05) is 164 Å². The Kier molecular flexibility index (Phi) is 9.95. The molecule has 0 unspecified atom stereocenters. The van der Waals surface area contributed by atoms with Gasteiger partial charge in [-0.2, -0.15) is 0 Å². The van der Waals surface area contributed by atoms with E-state index in [4.69, 9.17) is 9.97 Å². The van der Waals surface area contributed by atoms with Crippen molar-refractivity contribution >= 4 is 38.9 Å². The summed E-state index contributed by atoms with van der Waals surface area (Å²) in [5.74, 6) is 0.717. The summed E-state index contributed by atoms with van der Waals surface area (Å²) in [6.45, 7) is 4.47. The molecule has 0 spiro atoms. The van der Waals surface area contributed by atoms with Crippen molar-refractivity contribution in [3.63, 3.8) is 0 Å². The molecule has 9 aromatic carbocycles. The highest BCUT2D eigenvalue weighted by atomic mass is 15.1. The largest absolute Gasteiger partial charge is 0.310 e. The van der Waals surface area contributed by atoms with Crippen LogP contribution in [-0.2, 0) is 0 Å². The summed E-state index contributed by atoms with van der Waals surface area (Å²) in [5.41, 5.74) is 19.1. The van der Waals surface area contributed by atoms with E-state index in [2.05, 4.69) is 217 Å². The fourth-order valence-electron chi connectivity index (χ4n) is 9.06. The molecule has 0 aliphatic carbocycles. The van der Waals surface area contributed by atoms with Gasteiger partial charge in [-0.25, -0.2) is 9.97 Å². The molecule has 0 atom stereocenters. The minimum Gasteiger partial charge on any atom is -0.310 e. The fourth-order valence-corrected chi connectivity index (χ4v) is 9.06. The zero-order chi connectivity index (χ0) is 43.0. The smallest absolute Gasteiger partial charge is 0.160 e. The number of hydrogen-bond donors (Lipinski definition) is 0. The van der Waals surface area contributed by atoms with Gasteiger partial charge in [-0.3, -0.25) is 0 Å². The number of fused-ring (bicyclic) bond motifs is 3. The van der Waals surface area contributed by atoms with Gasteiger partial charge in [-0.05, 0) is 114 Å². The van der Waals surface area contributed by atoms with Crippen LogP contribution in [0.2, 0.25) is 0 Å². The number of rotatable bonds is 9. The molecule has 0 aliphatic rings. The van der Waals surface area contributed by atoms with Crippen molar-refractivity contribution in [2.75, 3.05) is 4.90 Å². The zero-order valence-electron chi connectivity index (χ0n) is 35.7. The van der Waals surface area contributed by atoms with Crippen molar-refractivity contribution in [3.8, 4) is 61.8 Å². The molecule has 0 N–H and O–H groups in total. The number of para-hydroxylation sites is 3. The van der Waals surface area contributed by atoms with Gasteiger partial charge in [0.05, 0.1) is 22.4 Å². The van der Waals surface area contributed by atoms with Gasteiger partial charge in [0.1, 0.15) is 0 Å². The SMILES string of the molecule is Cc1cc(-n2c3ccccc3c3cc(N(c4ccccc4)c4ccccc4)ccc32)c(C)cc1-c1ccc(-c2ccc(-c3cc(-c4ccccc4)nc(-c4ccccc4)n3)cc2)cc1. The topological polar surface area (TPSA) is 34.0 Å². The first-order chi connectivity index (χ1) is 31.6. The second-order valence-corrected chi connectivity index (χ2v) is 16.4. The van der Waals surface area contributed by atoms with Gasteiger partial charge in [0.2, 0.25) is 0 Å². The molecule has 11 rings (SSSR count). The van der Waals surface area contributed by atoms with E-state index in [1.807, 2.05) is 36.4 Å². The fraction of sp³-hybridized carbons (Fsp3) is 0.0333. The highest BCUT2D eigenvalue weighted by Gasteiger charge is 2.19. The summed E-state index contributed by atoms with van der Waals surface area (Å²) >= 11 is 0. The quantitative estimate of drug-likeness (QED) is 0.145. The highest BCUT2D eigenvalue weighted by molar-refractivity contribution is 6.11. The standard InChI is InChI=1S/C60H44N4/c1-41-38-59(64-57-26-16-15-25-52(57)54-39-51(35-36-58(54)64)63(49-21-11-5-12-22-49)50-23-13-6-14-24-50)42(2)37-53(41)45-31-27-43(28-32-45)44-29-33-47(34-30-44)56-40-55(46-17-7-3-8-18-46)61-60(62-56)48-19-9-4-10-20-48/h3-40H,1-2H3. The Morgan fingerprint density at radius 1 is 0.344 bits per heavy atom. The molecular weight excluding hydrogens is 777 g/mol. The van der Waals surface area contributed by atoms with E-state index in [0.29, 0.717) is 5.82 Å². The maximum atomic E-state index is 5.03. The maximum Gasteiger partial charge on any atom is 0.160 e. The number of benzene rings is 9. The molecule has 2 heterocycles. The van der Waals surface area contributed by atoms with Gasteiger partial charge in [0.25, 0.3) is 0 Å². The Balaban J connectivity index is 0.903. The van der Waals surface area contributed by atoms with Gasteiger partial charge >= 0.3 is 0 Å². The molecule has 0 aliphatic heterocycles. The van der Waals surface area contributed by atoms with Gasteiger partial charge in [-0.15, -0.1) is 0 Å².